The summed E-state index contributed by atoms with van der Waals surface area (Å²) < 4.78 is 5.07. The predicted molar refractivity (Wildman–Crippen MR) is 82.7 cm³/mol. The molecule has 0 aliphatic carbocycles. The third-order valence-corrected chi connectivity index (χ3v) is 3.95. The van der Waals surface area contributed by atoms with E-state index in [2.05, 4.69) is 10.6 Å². The van der Waals surface area contributed by atoms with Crippen LogP contribution in [0.25, 0.3) is 0 Å². The van der Waals surface area contributed by atoms with Crippen LogP contribution in [-0.2, 0) is 11.3 Å². The van der Waals surface area contributed by atoms with Crippen LogP contribution < -0.4 is 15.5 Å². The van der Waals surface area contributed by atoms with Gasteiger partial charge in [0.05, 0.1) is 23.2 Å². The maximum atomic E-state index is 11.9. The van der Waals surface area contributed by atoms with Gasteiger partial charge in [-0.2, -0.15) is 0 Å². The fourth-order valence-corrected chi connectivity index (χ4v) is 2.91. The fraction of sp³-hybridized carbons (Fsp3) is 0.267. The molecule has 1 amide bonds. The second kappa shape index (κ2) is 5.42. The SMILES string of the molecule is CNC1C(=O)Nc2cc(N(C)Cc3ccoc3)c(Cl)cc21. The van der Waals surface area contributed by atoms with E-state index in [1.165, 1.54) is 0 Å². The van der Waals surface area contributed by atoms with Gasteiger partial charge in [0, 0.05) is 30.4 Å². The lowest BCUT2D eigenvalue weighted by molar-refractivity contribution is -0.117. The van der Waals surface area contributed by atoms with Crippen molar-refractivity contribution in [3.63, 3.8) is 0 Å². The number of amides is 1. The van der Waals surface area contributed by atoms with Gasteiger partial charge in [0.25, 0.3) is 0 Å². The first-order chi connectivity index (χ1) is 10.1. The highest BCUT2D eigenvalue weighted by Gasteiger charge is 2.30. The van der Waals surface area contributed by atoms with E-state index in [1.807, 2.05) is 30.1 Å². The van der Waals surface area contributed by atoms with E-state index < -0.39 is 0 Å². The number of hydrogen-bond acceptors (Lipinski definition) is 4. The van der Waals surface area contributed by atoms with Crippen LogP contribution in [0.4, 0.5) is 11.4 Å². The first-order valence-electron chi connectivity index (χ1n) is 6.64. The van der Waals surface area contributed by atoms with Crippen molar-refractivity contribution in [1.29, 1.82) is 0 Å². The zero-order valence-corrected chi connectivity index (χ0v) is 12.6. The summed E-state index contributed by atoms with van der Waals surface area (Å²) in [5.41, 5.74) is 3.62. The molecule has 1 unspecified atom stereocenters. The van der Waals surface area contributed by atoms with Crippen molar-refractivity contribution in [2.75, 3.05) is 24.3 Å². The molecule has 5 nitrogen and oxygen atoms in total. The van der Waals surface area contributed by atoms with Crippen LogP contribution in [0, 0.1) is 0 Å². The number of hydrogen-bond donors (Lipinski definition) is 2. The molecule has 2 heterocycles. The number of anilines is 2. The van der Waals surface area contributed by atoms with Crippen LogP contribution in [-0.4, -0.2) is 20.0 Å². The standard InChI is InChI=1S/C15H16ClN3O2/c1-17-14-10-5-11(16)13(6-12(10)18-15(14)20)19(2)7-9-3-4-21-8-9/h3-6,8,14,17H,7H2,1-2H3,(H,18,20). The second-order valence-corrected chi connectivity index (χ2v) is 5.50. The molecule has 3 rings (SSSR count). The quantitative estimate of drug-likeness (QED) is 0.912. The van der Waals surface area contributed by atoms with Crippen LogP contribution in [0.5, 0.6) is 0 Å². The maximum Gasteiger partial charge on any atom is 0.246 e. The van der Waals surface area contributed by atoms with Crippen LogP contribution in [0.1, 0.15) is 17.2 Å². The van der Waals surface area contributed by atoms with Crippen molar-refractivity contribution < 1.29 is 9.21 Å². The number of fused-ring (bicyclic) bond motifs is 1. The smallest absolute Gasteiger partial charge is 0.246 e. The molecule has 2 aromatic rings. The van der Waals surface area contributed by atoms with Gasteiger partial charge >= 0.3 is 0 Å². The largest absolute Gasteiger partial charge is 0.472 e. The average molecular weight is 306 g/mol. The lowest BCUT2D eigenvalue weighted by Crippen LogP contribution is -2.23. The number of nitrogens with one attached hydrogen (secondary N) is 2. The average Bonchev–Trinajstić information content (AvgIpc) is 3.04. The minimum Gasteiger partial charge on any atom is -0.472 e. The Bertz CT molecular complexity index is 670. The molecule has 6 heteroatoms. The molecule has 1 aromatic heterocycles. The summed E-state index contributed by atoms with van der Waals surface area (Å²) in [4.78, 5) is 13.9. The molecule has 1 atom stereocenters. The monoisotopic (exact) mass is 305 g/mol. The summed E-state index contributed by atoms with van der Waals surface area (Å²) >= 11 is 6.38. The van der Waals surface area contributed by atoms with E-state index in [9.17, 15) is 4.79 Å². The molecule has 1 aromatic carbocycles. The van der Waals surface area contributed by atoms with Gasteiger partial charge in [0.1, 0.15) is 6.04 Å². The van der Waals surface area contributed by atoms with Gasteiger partial charge in [-0.15, -0.1) is 0 Å². The van der Waals surface area contributed by atoms with Gasteiger partial charge < -0.3 is 20.0 Å². The first kappa shape index (κ1) is 14.0. The summed E-state index contributed by atoms with van der Waals surface area (Å²) in [7, 11) is 3.71. The van der Waals surface area contributed by atoms with Crippen LogP contribution in [0.2, 0.25) is 5.02 Å². The van der Waals surface area contributed by atoms with Crippen molar-refractivity contribution in [2.45, 2.75) is 12.6 Å². The molecular formula is C15H16ClN3O2. The van der Waals surface area contributed by atoms with Gasteiger partial charge in [-0.3, -0.25) is 4.79 Å². The minimum atomic E-state index is -0.342. The third kappa shape index (κ3) is 2.50. The van der Waals surface area contributed by atoms with E-state index in [0.29, 0.717) is 11.6 Å². The molecule has 21 heavy (non-hydrogen) atoms. The lowest BCUT2D eigenvalue weighted by atomic mass is 10.1. The highest BCUT2D eigenvalue weighted by Crippen LogP contribution is 2.38. The molecule has 1 aliphatic rings. The molecular weight excluding hydrogens is 290 g/mol. The molecule has 0 saturated heterocycles. The van der Waals surface area contributed by atoms with Gasteiger partial charge in [0.2, 0.25) is 5.91 Å². The Labute approximate surface area is 127 Å². The van der Waals surface area contributed by atoms with Crippen LogP contribution in [0.15, 0.2) is 35.1 Å². The van der Waals surface area contributed by atoms with E-state index >= 15 is 0 Å². The number of carbonyl (C=O) groups excluding carboxylic acids is 1. The third-order valence-electron chi connectivity index (χ3n) is 3.65. The van der Waals surface area contributed by atoms with Crippen molar-refractivity contribution in [3.05, 3.63) is 46.9 Å². The van der Waals surface area contributed by atoms with Crippen molar-refractivity contribution >= 4 is 28.9 Å². The normalized spacial score (nSPS) is 16.7. The van der Waals surface area contributed by atoms with Crippen molar-refractivity contribution in [1.82, 2.24) is 5.32 Å². The minimum absolute atomic E-state index is 0.0572. The highest BCUT2D eigenvalue weighted by molar-refractivity contribution is 6.33. The van der Waals surface area contributed by atoms with Crippen LogP contribution in [0.3, 0.4) is 0 Å². The van der Waals surface area contributed by atoms with E-state index in [1.54, 1.807) is 19.6 Å². The number of halogens is 1. The lowest BCUT2D eigenvalue weighted by Gasteiger charge is -2.21. The fourth-order valence-electron chi connectivity index (χ4n) is 2.59. The molecule has 0 bridgehead atoms. The van der Waals surface area contributed by atoms with E-state index in [-0.39, 0.29) is 11.9 Å². The molecule has 0 spiro atoms. The number of carbonyl (C=O) groups is 1. The van der Waals surface area contributed by atoms with Gasteiger partial charge in [-0.05, 0) is 25.2 Å². The Morgan fingerprint density at radius 2 is 2.29 bits per heavy atom. The molecule has 110 valence electrons. The predicted octanol–water partition coefficient (Wildman–Crippen LogP) is 2.78. The van der Waals surface area contributed by atoms with Crippen LogP contribution >= 0.6 is 11.6 Å². The molecule has 0 saturated carbocycles. The van der Waals surface area contributed by atoms with Crippen molar-refractivity contribution in [2.24, 2.45) is 0 Å². The topological polar surface area (TPSA) is 57.5 Å². The Morgan fingerprint density at radius 3 is 2.95 bits per heavy atom. The highest BCUT2D eigenvalue weighted by atomic mass is 35.5. The summed E-state index contributed by atoms with van der Waals surface area (Å²) in [5, 5.41) is 6.48. The molecule has 0 fully saturated rings. The Hall–Kier alpha value is -1.98. The Kier molecular flexibility index (Phi) is 3.61. The van der Waals surface area contributed by atoms with Gasteiger partial charge in [-0.1, -0.05) is 11.6 Å². The number of rotatable bonds is 4. The summed E-state index contributed by atoms with van der Waals surface area (Å²) in [6.07, 6.45) is 3.35. The molecule has 0 radical (unpaired) electrons. The Balaban J connectivity index is 1.91. The summed E-state index contributed by atoms with van der Waals surface area (Å²) in [6.45, 7) is 0.679. The van der Waals surface area contributed by atoms with Crippen molar-refractivity contribution in [3.8, 4) is 0 Å². The zero-order chi connectivity index (χ0) is 15.0. The molecule has 1 aliphatic heterocycles. The maximum absolute atomic E-state index is 11.9. The van der Waals surface area contributed by atoms with Gasteiger partial charge in [-0.25, -0.2) is 0 Å². The van der Waals surface area contributed by atoms with Gasteiger partial charge in [0.15, 0.2) is 0 Å². The number of furan rings is 1. The van der Waals surface area contributed by atoms with E-state index in [0.717, 1.165) is 22.5 Å². The summed E-state index contributed by atoms with van der Waals surface area (Å²) in [5.74, 6) is -0.0572. The van der Waals surface area contributed by atoms with E-state index in [4.69, 9.17) is 16.0 Å². The summed E-state index contributed by atoms with van der Waals surface area (Å²) in [6, 6.07) is 5.33. The number of nitrogens with zero attached hydrogens (tertiary/aromatic N) is 1. The zero-order valence-electron chi connectivity index (χ0n) is 11.8. The second-order valence-electron chi connectivity index (χ2n) is 5.09. The Morgan fingerprint density at radius 1 is 1.48 bits per heavy atom. The number of benzene rings is 1. The first-order valence-corrected chi connectivity index (χ1v) is 7.01. The molecule has 2 N–H and O–H groups in total. The number of likely N-dealkylation sites (N-methyl/N-ethyl adjacent to an activating group) is 1.